The molecule has 0 radical (unpaired) electrons. The number of phenols is 3. The van der Waals surface area contributed by atoms with E-state index in [4.69, 9.17) is 0 Å². The average Bonchev–Trinajstić information content (AvgIpc) is 2.32. The fraction of sp³-hybridized carbons (Fsp3) is 0.333. The molecule has 0 aliphatic heterocycles. The second kappa shape index (κ2) is 6.06. The highest BCUT2D eigenvalue weighted by molar-refractivity contribution is 7.86. The molecule has 0 heterocycles. The number of rotatable bonds is 6. The van der Waals surface area contributed by atoms with E-state index in [1.807, 2.05) is 0 Å². The first-order chi connectivity index (χ1) is 10.5. The van der Waals surface area contributed by atoms with Crippen LogP contribution < -0.4 is 12.5 Å². The van der Waals surface area contributed by atoms with Crippen LogP contribution in [0.25, 0.3) is 0 Å². The second-order valence-electron chi connectivity index (χ2n) is 4.40. The predicted molar refractivity (Wildman–Crippen MR) is 77.9 cm³/mol. The van der Waals surface area contributed by atoms with E-state index in [1.54, 1.807) is 0 Å². The zero-order chi connectivity index (χ0) is 19.1. The molecule has 0 aromatic heterocycles. The molecular weight excluding hydrogens is 396 g/mol. The summed E-state index contributed by atoms with van der Waals surface area (Å²) in [5.74, 6) is -8.22. The highest BCUT2D eigenvalue weighted by atomic mass is 32.2. The molecule has 12 nitrogen and oxygen atoms in total. The molecule has 0 atom stereocenters. The lowest BCUT2D eigenvalue weighted by Gasteiger charge is -2.16. The Morgan fingerprint density at radius 3 is 0.833 bits per heavy atom. The summed E-state index contributed by atoms with van der Waals surface area (Å²) < 4.78 is 79.7. The molecule has 1 rings (SSSR count). The maximum absolute atomic E-state index is 11.2. The number of phenolic OH excluding ortho intramolecular Hbond substituents is 3. The number of benzene rings is 1. The molecule has 138 valence electrons. The molecular formula is C9H12O12S3. The summed E-state index contributed by atoms with van der Waals surface area (Å²) in [6.07, 6.45) is 1.52. The molecule has 0 bridgehead atoms. The van der Waals surface area contributed by atoms with E-state index in [1.165, 1.54) is 0 Å². The highest BCUT2D eigenvalue weighted by Crippen LogP contribution is 2.57. The normalized spacial score (nSPS) is 12.6. The van der Waals surface area contributed by atoms with Gasteiger partial charge in [-0.25, -0.2) is 0 Å². The quantitative estimate of drug-likeness (QED) is 0.478. The van der Waals surface area contributed by atoms with Crippen molar-refractivity contribution in [2.24, 2.45) is 0 Å². The van der Waals surface area contributed by atoms with E-state index < -0.39 is 64.9 Å². The van der Waals surface area contributed by atoms with Crippen LogP contribution in [-0.4, -0.2) is 59.3 Å². The van der Waals surface area contributed by atoms with Crippen LogP contribution in [0.5, 0.6) is 34.5 Å². The van der Waals surface area contributed by atoms with Gasteiger partial charge in [0.25, 0.3) is 0 Å². The summed E-state index contributed by atoms with van der Waals surface area (Å²) in [7, 11) is -13.1. The lowest BCUT2D eigenvalue weighted by atomic mass is 10.2. The maximum Gasteiger partial charge on any atom is 0.306 e. The molecule has 0 unspecified atom stereocenters. The Morgan fingerprint density at radius 1 is 0.542 bits per heavy atom. The van der Waals surface area contributed by atoms with Gasteiger partial charge in [0, 0.05) is 0 Å². The van der Waals surface area contributed by atoms with Crippen molar-refractivity contribution in [1.82, 2.24) is 0 Å². The molecule has 0 amide bonds. The van der Waals surface area contributed by atoms with Gasteiger partial charge in [-0.3, -0.25) is 0 Å². The van der Waals surface area contributed by atoms with E-state index in [-0.39, 0.29) is 0 Å². The first kappa shape index (κ1) is 19.9. The zero-order valence-corrected chi connectivity index (χ0v) is 14.7. The van der Waals surface area contributed by atoms with Gasteiger partial charge in [0.05, 0.1) is 18.8 Å². The minimum Gasteiger partial charge on any atom is -0.501 e. The number of hydrogen-bond donors (Lipinski definition) is 3. The Labute approximate surface area is 137 Å². The average molecular weight is 408 g/mol. The van der Waals surface area contributed by atoms with Crippen molar-refractivity contribution in [1.29, 1.82) is 0 Å². The van der Waals surface area contributed by atoms with Crippen molar-refractivity contribution >= 4 is 30.4 Å². The summed E-state index contributed by atoms with van der Waals surface area (Å²) >= 11 is 0. The van der Waals surface area contributed by atoms with Crippen molar-refractivity contribution in [3.63, 3.8) is 0 Å². The van der Waals surface area contributed by atoms with E-state index in [0.717, 1.165) is 0 Å². The van der Waals surface area contributed by atoms with E-state index in [0.29, 0.717) is 18.8 Å². The molecule has 1 aromatic rings. The lowest BCUT2D eigenvalue weighted by molar-refractivity contribution is 0.343. The number of aromatic hydroxyl groups is 3. The topological polar surface area (TPSA) is 191 Å². The van der Waals surface area contributed by atoms with Gasteiger partial charge in [-0.2, -0.15) is 25.3 Å². The van der Waals surface area contributed by atoms with Crippen LogP contribution in [0, 0.1) is 0 Å². The highest BCUT2D eigenvalue weighted by Gasteiger charge is 2.32. The third-order valence-corrected chi connectivity index (χ3v) is 3.40. The summed E-state index contributed by atoms with van der Waals surface area (Å²) in [6, 6.07) is 0. The van der Waals surface area contributed by atoms with Crippen molar-refractivity contribution in [2.45, 2.75) is 0 Å². The van der Waals surface area contributed by atoms with Crippen LogP contribution in [-0.2, 0) is 30.4 Å². The molecule has 0 aliphatic rings. The Morgan fingerprint density at radius 2 is 0.708 bits per heavy atom. The molecule has 24 heavy (non-hydrogen) atoms. The molecule has 0 saturated heterocycles. The fourth-order valence-electron chi connectivity index (χ4n) is 1.34. The summed E-state index contributed by atoms with van der Waals surface area (Å²) in [4.78, 5) is 0. The summed E-state index contributed by atoms with van der Waals surface area (Å²) in [6.45, 7) is 0. The van der Waals surface area contributed by atoms with Gasteiger partial charge in [-0.1, -0.05) is 0 Å². The van der Waals surface area contributed by atoms with Gasteiger partial charge < -0.3 is 27.9 Å². The van der Waals surface area contributed by atoms with Gasteiger partial charge in [0.1, 0.15) is 0 Å². The minimum absolute atomic E-state index is 0.507. The molecule has 0 spiro atoms. The van der Waals surface area contributed by atoms with Crippen LogP contribution in [0.15, 0.2) is 0 Å². The maximum atomic E-state index is 11.2. The van der Waals surface area contributed by atoms with Crippen molar-refractivity contribution < 1.29 is 53.1 Å². The molecule has 0 aliphatic carbocycles. The van der Waals surface area contributed by atoms with Gasteiger partial charge in [-0.15, -0.1) is 0 Å². The van der Waals surface area contributed by atoms with Gasteiger partial charge >= 0.3 is 30.4 Å². The van der Waals surface area contributed by atoms with E-state index >= 15 is 0 Å². The van der Waals surface area contributed by atoms with Gasteiger partial charge in [0.2, 0.25) is 34.5 Å². The van der Waals surface area contributed by atoms with Crippen LogP contribution in [0.3, 0.4) is 0 Å². The Hall–Kier alpha value is -2.13. The fourth-order valence-corrected chi connectivity index (χ4v) is 2.72. The molecule has 0 saturated carbocycles. The van der Waals surface area contributed by atoms with E-state index in [9.17, 15) is 40.6 Å². The van der Waals surface area contributed by atoms with Gasteiger partial charge in [-0.05, 0) is 0 Å². The molecule has 3 N–H and O–H groups in total. The minimum atomic E-state index is -4.37. The number of hydrogen-bond acceptors (Lipinski definition) is 12. The second-order valence-corrected chi connectivity index (χ2v) is 9.12. The summed E-state index contributed by atoms with van der Waals surface area (Å²) in [5.41, 5.74) is 0. The third-order valence-electron chi connectivity index (χ3n) is 1.99. The standard InChI is InChI=1S/C9H12O12S3/c1-22(13,14)19-7-4(10)8(20-23(2,15)16)6(12)9(5(7)11)21-24(3,17)18/h10-12H,1-3H3. The zero-order valence-electron chi connectivity index (χ0n) is 12.2. The first-order valence-corrected chi connectivity index (χ1v) is 11.0. The smallest absolute Gasteiger partial charge is 0.306 e. The predicted octanol–water partition coefficient (Wildman–Crippen LogP) is -1.18. The SMILES string of the molecule is CS(=O)(=O)Oc1c(O)c(OS(C)(=O)=O)c(O)c(OS(C)(=O)=O)c1O. The summed E-state index contributed by atoms with van der Waals surface area (Å²) in [5, 5.41) is 29.4. The molecule has 15 heteroatoms. The van der Waals surface area contributed by atoms with Crippen molar-refractivity contribution in [3.05, 3.63) is 0 Å². The van der Waals surface area contributed by atoms with Crippen LogP contribution in [0.4, 0.5) is 0 Å². The monoisotopic (exact) mass is 408 g/mol. The Kier molecular flexibility index (Phi) is 5.03. The Bertz CT molecular complexity index is 822. The Balaban J connectivity index is 3.83. The molecule has 1 aromatic carbocycles. The van der Waals surface area contributed by atoms with Crippen LogP contribution in [0.2, 0.25) is 0 Å². The van der Waals surface area contributed by atoms with Crippen molar-refractivity contribution in [3.8, 4) is 34.5 Å². The third kappa shape index (κ3) is 5.20. The van der Waals surface area contributed by atoms with Crippen molar-refractivity contribution in [2.75, 3.05) is 18.8 Å². The van der Waals surface area contributed by atoms with Gasteiger partial charge in [0.15, 0.2) is 0 Å². The first-order valence-electron chi connectivity index (χ1n) is 5.51. The molecule has 0 fully saturated rings. The van der Waals surface area contributed by atoms with Crippen LogP contribution >= 0.6 is 0 Å². The van der Waals surface area contributed by atoms with E-state index in [2.05, 4.69) is 12.5 Å². The lowest BCUT2D eigenvalue weighted by Crippen LogP contribution is -2.11. The van der Waals surface area contributed by atoms with Crippen LogP contribution in [0.1, 0.15) is 0 Å². The largest absolute Gasteiger partial charge is 0.501 e.